The predicted octanol–water partition coefficient (Wildman–Crippen LogP) is 4.35. The molecule has 0 atom stereocenters. The molecule has 0 aliphatic carbocycles. The predicted molar refractivity (Wildman–Crippen MR) is 113 cm³/mol. The molecule has 1 fully saturated rings. The second kappa shape index (κ2) is 8.08. The lowest BCUT2D eigenvalue weighted by atomic mass is 10.1. The first-order chi connectivity index (χ1) is 14.7. The number of aromatic nitrogens is 2. The molecule has 4 rings (SSSR count). The van der Waals surface area contributed by atoms with E-state index in [1.54, 1.807) is 12.1 Å². The summed E-state index contributed by atoms with van der Waals surface area (Å²) in [5.41, 5.74) is -0.0909. The summed E-state index contributed by atoms with van der Waals surface area (Å²) in [6, 6.07) is 4.46. The Labute approximate surface area is 181 Å². The fourth-order valence-corrected chi connectivity index (χ4v) is 4.51. The molecule has 0 saturated carbocycles. The first kappa shape index (κ1) is 21.5. The van der Waals surface area contributed by atoms with Crippen LogP contribution in [0.4, 0.5) is 19.0 Å². The summed E-state index contributed by atoms with van der Waals surface area (Å²) >= 11 is 0.859. The monoisotopic (exact) mass is 450 g/mol. The van der Waals surface area contributed by atoms with Crippen LogP contribution < -0.4 is 10.2 Å². The van der Waals surface area contributed by atoms with Gasteiger partial charge in [0.2, 0.25) is 0 Å². The summed E-state index contributed by atoms with van der Waals surface area (Å²) in [6.45, 7) is 5.41. The van der Waals surface area contributed by atoms with E-state index < -0.39 is 17.6 Å². The molecule has 31 heavy (non-hydrogen) atoms. The van der Waals surface area contributed by atoms with Crippen LogP contribution in [0.3, 0.4) is 0 Å². The molecule has 0 unspecified atom stereocenters. The second-order valence-corrected chi connectivity index (χ2v) is 8.46. The SMILES string of the molecule is CNC(=O)c1csc2c(C(F)(F)F)cc(-c3ccc(N4CC(OC(C)C)C4)nc3)nc12. The summed E-state index contributed by atoms with van der Waals surface area (Å²) in [5.74, 6) is 0.250. The number of hydrogen-bond donors (Lipinski definition) is 1. The van der Waals surface area contributed by atoms with Gasteiger partial charge < -0.3 is 15.0 Å². The zero-order chi connectivity index (χ0) is 22.3. The average molecular weight is 450 g/mol. The molecule has 6 nitrogen and oxygen atoms in total. The van der Waals surface area contributed by atoms with Gasteiger partial charge in [0, 0.05) is 37.3 Å². The fourth-order valence-electron chi connectivity index (χ4n) is 3.48. The molecule has 0 spiro atoms. The molecule has 0 bridgehead atoms. The maximum absolute atomic E-state index is 13.7. The van der Waals surface area contributed by atoms with E-state index in [-0.39, 0.29) is 33.7 Å². The van der Waals surface area contributed by atoms with Crippen LogP contribution in [0.25, 0.3) is 21.5 Å². The minimum Gasteiger partial charge on any atom is -0.372 e. The summed E-state index contributed by atoms with van der Waals surface area (Å²) in [4.78, 5) is 22.9. The third-order valence-corrected chi connectivity index (χ3v) is 5.98. The number of nitrogens with zero attached hydrogens (tertiary/aromatic N) is 3. The van der Waals surface area contributed by atoms with Gasteiger partial charge in [-0.05, 0) is 32.0 Å². The Morgan fingerprint density at radius 2 is 2.06 bits per heavy atom. The number of alkyl halides is 3. The van der Waals surface area contributed by atoms with Crippen LogP contribution in [0.1, 0.15) is 29.8 Å². The number of pyridine rings is 2. The van der Waals surface area contributed by atoms with Crippen LogP contribution >= 0.6 is 11.3 Å². The van der Waals surface area contributed by atoms with Crippen LogP contribution in [0.2, 0.25) is 0 Å². The van der Waals surface area contributed by atoms with Gasteiger partial charge in [0.05, 0.1) is 39.2 Å². The standard InChI is InChI=1S/C21H21F3N4O2S/c1-11(2)30-13-8-28(9-13)17-5-4-12(7-26-17)16-6-15(21(22,23)24)19-18(27-16)14(10-31-19)20(29)25-3/h4-7,10-11,13H,8-9H2,1-3H3,(H,25,29). The van der Waals surface area contributed by atoms with Crippen molar-refractivity contribution in [1.29, 1.82) is 0 Å². The molecule has 1 N–H and O–H groups in total. The molecule has 1 aliphatic rings. The van der Waals surface area contributed by atoms with Crippen LogP contribution in [0.15, 0.2) is 29.8 Å². The Morgan fingerprint density at radius 1 is 1.32 bits per heavy atom. The number of carbonyl (C=O) groups is 1. The van der Waals surface area contributed by atoms with E-state index >= 15 is 0 Å². The summed E-state index contributed by atoms with van der Waals surface area (Å²) < 4.78 is 46.8. The molecule has 1 aliphatic heterocycles. The van der Waals surface area contributed by atoms with E-state index in [9.17, 15) is 18.0 Å². The van der Waals surface area contributed by atoms with E-state index in [1.807, 2.05) is 18.7 Å². The number of rotatable bonds is 5. The van der Waals surface area contributed by atoms with Crippen LogP contribution in [0.5, 0.6) is 0 Å². The summed E-state index contributed by atoms with van der Waals surface area (Å²) in [6.07, 6.45) is -2.76. The van der Waals surface area contributed by atoms with Gasteiger partial charge in [-0.2, -0.15) is 13.2 Å². The van der Waals surface area contributed by atoms with Gasteiger partial charge in [-0.15, -0.1) is 11.3 Å². The Bertz CT molecular complexity index is 1110. The lowest BCUT2D eigenvalue weighted by Gasteiger charge is -2.40. The quantitative estimate of drug-likeness (QED) is 0.626. The fraction of sp³-hybridized carbons (Fsp3) is 0.381. The normalized spacial score (nSPS) is 14.9. The second-order valence-electron chi connectivity index (χ2n) is 7.58. The molecule has 1 amide bonds. The van der Waals surface area contributed by atoms with Crippen LogP contribution in [-0.4, -0.2) is 48.2 Å². The highest BCUT2D eigenvalue weighted by Gasteiger charge is 2.35. The minimum absolute atomic E-state index is 0.0367. The molecule has 3 aromatic heterocycles. The van der Waals surface area contributed by atoms with Crippen molar-refractivity contribution in [2.75, 3.05) is 25.0 Å². The van der Waals surface area contributed by atoms with E-state index in [2.05, 4.69) is 15.3 Å². The number of hydrogen-bond acceptors (Lipinski definition) is 6. The molecule has 0 aromatic carbocycles. The Kier molecular flexibility index (Phi) is 5.61. The summed E-state index contributed by atoms with van der Waals surface area (Å²) in [5, 5.41) is 3.84. The highest BCUT2D eigenvalue weighted by molar-refractivity contribution is 7.17. The maximum atomic E-state index is 13.7. The van der Waals surface area contributed by atoms with Gasteiger partial charge >= 0.3 is 6.18 Å². The Morgan fingerprint density at radius 3 is 2.65 bits per heavy atom. The van der Waals surface area contributed by atoms with Gasteiger partial charge in [0.15, 0.2) is 0 Å². The topological polar surface area (TPSA) is 67.4 Å². The molecular weight excluding hydrogens is 429 g/mol. The van der Waals surface area contributed by atoms with E-state index in [4.69, 9.17) is 4.74 Å². The molecule has 4 heterocycles. The van der Waals surface area contributed by atoms with Crippen LogP contribution in [-0.2, 0) is 10.9 Å². The summed E-state index contributed by atoms with van der Waals surface area (Å²) in [7, 11) is 1.43. The van der Waals surface area contributed by atoms with Gasteiger partial charge in [-0.25, -0.2) is 9.97 Å². The molecule has 1 saturated heterocycles. The first-order valence-corrected chi connectivity index (χ1v) is 10.6. The minimum atomic E-state index is -4.57. The Balaban J connectivity index is 1.67. The van der Waals surface area contributed by atoms with Crippen molar-refractivity contribution in [3.8, 4) is 11.3 Å². The van der Waals surface area contributed by atoms with E-state index in [0.717, 1.165) is 36.3 Å². The highest BCUT2D eigenvalue weighted by Crippen LogP contribution is 2.40. The van der Waals surface area contributed by atoms with Crippen LogP contribution in [0, 0.1) is 0 Å². The third kappa shape index (κ3) is 4.22. The maximum Gasteiger partial charge on any atom is 0.417 e. The lowest BCUT2D eigenvalue weighted by molar-refractivity contribution is -0.136. The first-order valence-electron chi connectivity index (χ1n) is 9.75. The van der Waals surface area contributed by atoms with Crippen molar-refractivity contribution >= 4 is 33.3 Å². The molecule has 3 aromatic rings. The molecule has 0 radical (unpaired) electrons. The number of nitrogens with one attached hydrogen (secondary N) is 1. The number of ether oxygens (including phenoxy) is 1. The third-order valence-electron chi connectivity index (χ3n) is 4.98. The molecule has 10 heteroatoms. The van der Waals surface area contributed by atoms with Crippen molar-refractivity contribution in [1.82, 2.24) is 15.3 Å². The number of thiophene rings is 1. The van der Waals surface area contributed by atoms with Crippen molar-refractivity contribution < 1.29 is 22.7 Å². The number of halogens is 3. The zero-order valence-electron chi connectivity index (χ0n) is 17.2. The van der Waals surface area contributed by atoms with Gasteiger partial charge in [0.25, 0.3) is 5.91 Å². The smallest absolute Gasteiger partial charge is 0.372 e. The van der Waals surface area contributed by atoms with Gasteiger partial charge in [-0.3, -0.25) is 4.79 Å². The van der Waals surface area contributed by atoms with E-state index in [0.29, 0.717) is 5.56 Å². The molecule has 164 valence electrons. The lowest BCUT2D eigenvalue weighted by Crippen LogP contribution is -2.53. The van der Waals surface area contributed by atoms with Gasteiger partial charge in [-0.1, -0.05) is 0 Å². The van der Waals surface area contributed by atoms with Crippen molar-refractivity contribution in [2.45, 2.75) is 32.2 Å². The zero-order valence-corrected chi connectivity index (χ0v) is 18.0. The highest BCUT2D eigenvalue weighted by atomic mass is 32.1. The number of carbonyl (C=O) groups excluding carboxylic acids is 1. The van der Waals surface area contributed by atoms with Gasteiger partial charge in [0.1, 0.15) is 5.82 Å². The van der Waals surface area contributed by atoms with Crippen molar-refractivity contribution in [3.63, 3.8) is 0 Å². The largest absolute Gasteiger partial charge is 0.417 e. The molecular formula is C21H21F3N4O2S. The average Bonchev–Trinajstić information content (AvgIpc) is 3.12. The van der Waals surface area contributed by atoms with Crippen molar-refractivity contribution in [3.05, 3.63) is 40.9 Å². The number of fused-ring (bicyclic) bond motifs is 1. The Hall–Kier alpha value is -2.72. The van der Waals surface area contributed by atoms with Crippen molar-refractivity contribution in [2.24, 2.45) is 0 Å². The number of anilines is 1. The number of amides is 1. The van der Waals surface area contributed by atoms with E-state index in [1.165, 1.54) is 18.6 Å².